The molecule has 2 heterocycles. The fourth-order valence-electron chi connectivity index (χ4n) is 4.03. The molecule has 15 heteroatoms. The summed E-state index contributed by atoms with van der Waals surface area (Å²) in [5.74, 6) is -0.210. The first-order valence-electron chi connectivity index (χ1n) is 12.7. The lowest BCUT2D eigenvalue weighted by molar-refractivity contribution is 0.0523. The van der Waals surface area contributed by atoms with Crippen molar-refractivity contribution in [1.29, 1.82) is 0 Å². The third-order valence-corrected chi connectivity index (χ3v) is 7.22. The van der Waals surface area contributed by atoms with Crippen molar-refractivity contribution < 1.29 is 36.7 Å². The van der Waals surface area contributed by atoms with E-state index >= 15 is 0 Å². The maximum Gasteiger partial charge on any atom is 0.407 e. The molecule has 2 aromatic heterocycles. The van der Waals surface area contributed by atoms with Gasteiger partial charge in [-0.3, -0.25) is 14.2 Å². The Morgan fingerprint density at radius 3 is 2.45 bits per heavy atom. The maximum atomic E-state index is 13.4. The van der Waals surface area contributed by atoms with Crippen molar-refractivity contribution in [2.75, 3.05) is 26.0 Å². The zero-order chi connectivity index (χ0) is 30.7. The Bertz CT molecular complexity index is 1720. The summed E-state index contributed by atoms with van der Waals surface area (Å²) < 4.78 is 52.3. The van der Waals surface area contributed by atoms with E-state index in [4.69, 9.17) is 18.7 Å². The number of hydrogen-bond donors (Lipinski definition) is 3. The predicted octanol–water partition coefficient (Wildman–Crippen LogP) is 3.27. The van der Waals surface area contributed by atoms with Gasteiger partial charge in [0, 0.05) is 30.9 Å². The predicted molar refractivity (Wildman–Crippen MR) is 152 cm³/mol. The SMILES string of the molecule is CNC(=O)c1ccc(OC)c(S(=O)(=O)Nc2noc3cc(Cn4cc(CNC(=O)OC(C)(C)C)cn4)cc(OC)c23)c1. The number of nitrogens with zero attached hydrogens (tertiary/aromatic N) is 3. The second-order valence-corrected chi connectivity index (χ2v) is 11.8. The van der Waals surface area contributed by atoms with Gasteiger partial charge in [0.1, 0.15) is 27.4 Å². The van der Waals surface area contributed by atoms with Crippen LogP contribution in [0, 0.1) is 0 Å². The van der Waals surface area contributed by atoms with Gasteiger partial charge in [0.15, 0.2) is 11.4 Å². The molecule has 0 fully saturated rings. The third kappa shape index (κ3) is 6.91. The second kappa shape index (κ2) is 12.0. The number of benzene rings is 2. The van der Waals surface area contributed by atoms with E-state index in [1.54, 1.807) is 50.0 Å². The van der Waals surface area contributed by atoms with Crippen molar-refractivity contribution in [3.63, 3.8) is 0 Å². The Labute approximate surface area is 242 Å². The number of carbonyl (C=O) groups is 2. The van der Waals surface area contributed by atoms with E-state index in [9.17, 15) is 18.0 Å². The standard InChI is InChI=1S/C27H32N6O8S/c1-27(2,3)40-26(35)29-12-17-13-30-33(15-17)14-16-9-20(39-6)23-21(10-16)41-31-24(23)32-42(36,37)22-11-18(25(34)28-4)7-8-19(22)38-5/h7-11,13,15H,12,14H2,1-6H3,(H,28,34)(H,29,35)(H,31,32). The Morgan fingerprint density at radius 1 is 1.05 bits per heavy atom. The molecule has 42 heavy (non-hydrogen) atoms. The fourth-order valence-corrected chi connectivity index (χ4v) is 5.23. The van der Waals surface area contributed by atoms with Gasteiger partial charge in [-0.2, -0.15) is 5.10 Å². The molecule has 0 aliphatic rings. The van der Waals surface area contributed by atoms with Crippen molar-refractivity contribution in [2.24, 2.45) is 0 Å². The average Bonchev–Trinajstić information content (AvgIpc) is 3.56. The monoisotopic (exact) mass is 600 g/mol. The van der Waals surface area contributed by atoms with Crippen molar-refractivity contribution in [3.8, 4) is 11.5 Å². The maximum absolute atomic E-state index is 13.4. The van der Waals surface area contributed by atoms with E-state index in [0.29, 0.717) is 17.7 Å². The molecule has 0 saturated heterocycles. The molecule has 0 saturated carbocycles. The average molecular weight is 601 g/mol. The molecule has 2 amide bonds. The van der Waals surface area contributed by atoms with Gasteiger partial charge in [-0.1, -0.05) is 5.16 Å². The topological polar surface area (TPSA) is 176 Å². The zero-order valence-electron chi connectivity index (χ0n) is 24.0. The highest BCUT2D eigenvalue weighted by Crippen LogP contribution is 2.36. The first-order valence-corrected chi connectivity index (χ1v) is 14.2. The van der Waals surface area contributed by atoms with Crippen molar-refractivity contribution in [3.05, 3.63) is 59.4 Å². The molecule has 0 radical (unpaired) electrons. The number of fused-ring (bicyclic) bond motifs is 1. The van der Waals surface area contributed by atoms with Crippen LogP contribution in [0.5, 0.6) is 11.5 Å². The van der Waals surface area contributed by atoms with E-state index in [2.05, 4.69) is 25.6 Å². The van der Waals surface area contributed by atoms with Crippen LogP contribution in [0.2, 0.25) is 0 Å². The minimum Gasteiger partial charge on any atom is -0.496 e. The molecular formula is C27H32N6O8S. The second-order valence-electron chi connectivity index (χ2n) is 10.2. The lowest BCUT2D eigenvalue weighted by Crippen LogP contribution is -2.32. The van der Waals surface area contributed by atoms with Crippen LogP contribution in [-0.2, 0) is 27.8 Å². The molecule has 4 aromatic rings. The number of carbonyl (C=O) groups excluding carboxylic acids is 2. The molecule has 0 aliphatic heterocycles. The van der Waals surface area contributed by atoms with Crippen LogP contribution in [0.15, 0.2) is 52.1 Å². The van der Waals surface area contributed by atoms with Crippen LogP contribution in [-0.4, -0.2) is 62.2 Å². The molecule has 0 bridgehead atoms. The van der Waals surface area contributed by atoms with Crippen molar-refractivity contribution >= 4 is 38.8 Å². The van der Waals surface area contributed by atoms with Gasteiger partial charge in [0.2, 0.25) is 0 Å². The number of hydrogen-bond acceptors (Lipinski definition) is 10. The quantitative estimate of drug-likeness (QED) is 0.245. The van der Waals surface area contributed by atoms with Gasteiger partial charge in [0.05, 0.1) is 27.0 Å². The van der Waals surface area contributed by atoms with Crippen molar-refractivity contribution in [1.82, 2.24) is 25.6 Å². The molecule has 14 nitrogen and oxygen atoms in total. The Morgan fingerprint density at radius 2 is 1.79 bits per heavy atom. The number of anilines is 1. The van der Waals surface area contributed by atoms with Gasteiger partial charge in [-0.15, -0.1) is 0 Å². The molecule has 2 aromatic carbocycles. The Balaban J connectivity index is 1.55. The lowest BCUT2D eigenvalue weighted by Gasteiger charge is -2.19. The van der Waals surface area contributed by atoms with E-state index in [0.717, 1.165) is 11.1 Å². The van der Waals surface area contributed by atoms with E-state index in [1.165, 1.54) is 39.5 Å². The zero-order valence-corrected chi connectivity index (χ0v) is 24.8. The minimum absolute atomic E-state index is 0.0390. The number of aromatic nitrogens is 3. The fraction of sp³-hybridized carbons (Fsp3) is 0.333. The smallest absolute Gasteiger partial charge is 0.407 e. The van der Waals surface area contributed by atoms with Crippen LogP contribution in [0.3, 0.4) is 0 Å². The van der Waals surface area contributed by atoms with E-state index < -0.39 is 27.6 Å². The Kier molecular flexibility index (Phi) is 8.61. The lowest BCUT2D eigenvalue weighted by atomic mass is 10.1. The van der Waals surface area contributed by atoms with Gasteiger partial charge >= 0.3 is 6.09 Å². The van der Waals surface area contributed by atoms with Gasteiger partial charge in [0.25, 0.3) is 15.9 Å². The molecule has 224 valence electrons. The van der Waals surface area contributed by atoms with Gasteiger partial charge in [-0.05, 0) is 56.7 Å². The third-order valence-electron chi connectivity index (χ3n) is 5.86. The summed E-state index contributed by atoms with van der Waals surface area (Å²) in [6.07, 6.45) is 2.87. The molecule has 0 aliphatic carbocycles. The van der Waals surface area contributed by atoms with Gasteiger partial charge in [-0.25, -0.2) is 13.2 Å². The summed E-state index contributed by atoms with van der Waals surface area (Å²) >= 11 is 0. The number of ether oxygens (including phenoxy) is 3. The first-order chi connectivity index (χ1) is 19.8. The normalized spacial score (nSPS) is 11.7. The summed E-state index contributed by atoms with van der Waals surface area (Å²) in [6.45, 7) is 5.91. The van der Waals surface area contributed by atoms with Crippen LogP contribution >= 0.6 is 0 Å². The molecule has 3 N–H and O–H groups in total. The highest BCUT2D eigenvalue weighted by atomic mass is 32.2. The highest BCUT2D eigenvalue weighted by Gasteiger charge is 2.26. The van der Waals surface area contributed by atoms with Crippen LogP contribution in [0.25, 0.3) is 11.0 Å². The largest absolute Gasteiger partial charge is 0.496 e. The minimum atomic E-state index is -4.27. The van der Waals surface area contributed by atoms with E-state index in [-0.39, 0.29) is 34.2 Å². The number of rotatable bonds is 10. The Hall–Kier alpha value is -4.79. The summed E-state index contributed by atoms with van der Waals surface area (Å²) in [5, 5.41) is 13.7. The number of nitrogens with one attached hydrogen (secondary N) is 3. The highest BCUT2D eigenvalue weighted by molar-refractivity contribution is 7.92. The number of sulfonamides is 1. The number of amides is 2. The summed E-state index contributed by atoms with van der Waals surface area (Å²) in [4.78, 5) is 23.8. The van der Waals surface area contributed by atoms with Gasteiger partial charge < -0.3 is 29.4 Å². The number of methoxy groups -OCH3 is 2. The number of alkyl carbamates (subject to hydrolysis) is 1. The molecular weight excluding hydrogens is 568 g/mol. The summed E-state index contributed by atoms with van der Waals surface area (Å²) in [7, 11) is -0.0678. The van der Waals surface area contributed by atoms with Crippen LogP contribution < -0.4 is 24.8 Å². The first kappa shape index (κ1) is 30.2. The summed E-state index contributed by atoms with van der Waals surface area (Å²) in [5.41, 5.74) is 1.30. The molecule has 0 spiro atoms. The van der Waals surface area contributed by atoms with Crippen molar-refractivity contribution in [2.45, 2.75) is 44.4 Å². The molecule has 4 rings (SSSR count). The summed E-state index contributed by atoms with van der Waals surface area (Å²) in [6, 6.07) is 7.45. The van der Waals surface area contributed by atoms with E-state index in [1.807, 2.05) is 0 Å². The molecule has 0 unspecified atom stereocenters. The molecule has 0 atom stereocenters. The van der Waals surface area contributed by atoms with Crippen LogP contribution in [0.1, 0.15) is 42.3 Å². The van der Waals surface area contributed by atoms with Crippen LogP contribution in [0.4, 0.5) is 10.6 Å².